The van der Waals surface area contributed by atoms with Crippen LogP contribution in [0.1, 0.15) is 22.8 Å². The van der Waals surface area contributed by atoms with Crippen molar-refractivity contribution in [2.45, 2.75) is 11.6 Å². The average Bonchev–Trinajstić information content (AvgIpc) is 2.03. The highest BCUT2D eigenvalue weighted by Crippen LogP contribution is 2.41. The molecule has 10 heavy (non-hydrogen) atoms. The van der Waals surface area contributed by atoms with Crippen molar-refractivity contribution in [3.8, 4) is 0 Å². The van der Waals surface area contributed by atoms with E-state index in [4.69, 9.17) is 15.7 Å². The zero-order valence-corrected chi connectivity index (χ0v) is 5.62. The van der Waals surface area contributed by atoms with Gasteiger partial charge in [0.2, 0.25) is 0 Å². The van der Waals surface area contributed by atoms with Crippen molar-refractivity contribution in [2.24, 2.45) is 0 Å². The molecule has 4 radical (unpaired) electrons. The summed E-state index contributed by atoms with van der Waals surface area (Å²) in [6.07, 6.45) is 0. The Hall–Kier alpha value is -0.650. The van der Waals surface area contributed by atoms with E-state index in [1.807, 2.05) is 24.3 Å². The monoisotopic (exact) mass is 124 g/mol. The largest absolute Gasteiger partial charge is 0.0761 e. The number of rotatable bonds is 0. The van der Waals surface area contributed by atoms with Crippen molar-refractivity contribution >= 4 is 15.7 Å². The number of benzene rings is 1. The SMILES string of the molecule is [B]C1c2ccccc2C1[B]. The average molecular weight is 124 g/mol. The lowest BCUT2D eigenvalue weighted by atomic mass is 9.51. The Labute approximate surface area is 63.5 Å². The molecule has 0 nitrogen and oxygen atoms in total. The Morgan fingerprint density at radius 1 is 0.900 bits per heavy atom. The molecule has 0 saturated heterocycles. The number of fused-ring (bicyclic) bond motifs is 1. The summed E-state index contributed by atoms with van der Waals surface area (Å²) < 4.78 is 0. The third-order valence-corrected chi connectivity index (χ3v) is 2.10. The van der Waals surface area contributed by atoms with E-state index in [1.165, 1.54) is 11.1 Å². The Kier molecular flexibility index (Phi) is 1.16. The first-order valence-corrected chi connectivity index (χ1v) is 3.40. The van der Waals surface area contributed by atoms with Crippen molar-refractivity contribution in [3.63, 3.8) is 0 Å². The first-order valence-electron chi connectivity index (χ1n) is 3.40. The highest BCUT2D eigenvalue weighted by atomic mass is 14.3. The van der Waals surface area contributed by atoms with Gasteiger partial charge >= 0.3 is 0 Å². The van der Waals surface area contributed by atoms with Gasteiger partial charge in [-0.2, -0.15) is 0 Å². The van der Waals surface area contributed by atoms with Crippen LogP contribution in [0.3, 0.4) is 0 Å². The topological polar surface area (TPSA) is 0 Å². The molecule has 0 bridgehead atoms. The molecule has 0 amide bonds. The fourth-order valence-electron chi connectivity index (χ4n) is 1.41. The second-order valence-corrected chi connectivity index (χ2v) is 2.68. The minimum absolute atomic E-state index is 0.0659. The molecule has 2 atom stereocenters. The van der Waals surface area contributed by atoms with E-state index in [0.29, 0.717) is 0 Å². The van der Waals surface area contributed by atoms with Gasteiger partial charge in [0.1, 0.15) is 0 Å². The molecule has 2 rings (SSSR count). The van der Waals surface area contributed by atoms with Gasteiger partial charge < -0.3 is 0 Å². The summed E-state index contributed by atoms with van der Waals surface area (Å²) in [6.45, 7) is 0. The first kappa shape index (κ1) is 6.09. The van der Waals surface area contributed by atoms with Crippen LogP contribution in [0.15, 0.2) is 24.3 Å². The zero-order chi connectivity index (χ0) is 7.14. The number of hydrogen-bond acceptors (Lipinski definition) is 0. The van der Waals surface area contributed by atoms with Crippen LogP contribution in [0.2, 0.25) is 0 Å². The summed E-state index contributed by atoms with van der Waals surface area (Å²) in [4.78, 5) is 0. The fourth-order valence-corrected chi connectivity index (χ4v) is 1.41. The second kappa shape index (κ2) is 1.91. The molecule has 0 spiro atoms. The smallest absolute Gasteiger partial charge is 0.0620 e. The molecule has 1 aromatic rings. The van der Waals surface area contributed by atoms with Crippen LogP contribution in [0.5, 0.6) is 0 Å². The maximum Gasteiger partial charge on any atom is 0.0761 e. The van der Waals surface area contributed by atoms with Crippen LogP contribution in [0, 0.1) is 0 Å². The van der Waals surface area contributed by atoms with Gasteiger partial charge in [0.15, 0.2) is 0 Å². The Morgan fingerprint density at radius 3 is 1.70 bits per heavy atom. The highest BCUT2D eigenvalue weighted by Gasteiger charge is 2.27. The Morgan fingerprint density at radius 2 is 1.30 bits per heavy atom. The first-order chi connectivity index (χ1) is 4.80. The minimum atomic E-state index is 0.0659. The van der Waals surface area contributed by atoms with Crippen LogP contribution in [0.25, 0.3) is 0 Å². The zero-order valence-electron chi connectivity index (χ0n) is 5.62. The van der Waals surface area contributed by atoms with Crippen LogP contribution >= 0.6 is 0 Å². The molecule has 44 valence electrons. The quantitative estimate of drug-likeness (QED) is 0.454. The van der Waals surface area contributed by atoms with E-state index >= 15 is 0 Å². The summed E-state index contributed by atoms with van der Waals surface area (Å²) in [5.74, 6) is 0.132. The molecule has 0 N–H and O–H groups in total. The summed E-state index contributed by atoms with van der Waals surface area (Å²) in [5.41, 5.74) is 2.41. The normalized spacial score (nSPS) is 28.8. The third-order valence-electron chi connectivity index (χ3n) is 2.10. The second-order valence-electron chi connectivity index (χ2n) is 2.68. The number of hydrogen-bond donors (Lipinski definition) is 0. The predicted octanol–water partition coefficient (Wildman–Crippen LogP) is 1.12. The van der Waals surface area contributed by atoms with E-state index in [-0.39, 0.29) is 11.6 Å². The Bertz CT molecular complexity index is 230. The van der Waals surface area contributed by atoms with Gasteiger partial charge in [-0.3, -0.25) is 0 Å². The molecular formula is C8H6B2. The van der Waals surface area contributed by atoms with Gasteiger partial charge in [0.25, 0.3) is 0 Å². The predicted molar refractivity (Wildman–Crippen MR) is 43.4 cm³/mol. The fraction of sp³-hybridized carbons (Fsp3) is 0.250. The minimum Gasteiger partial charge on any atom is -0.0620 e. The van der Waals surface area contributed by atoms with Gasteiger partial charge in [-0.1, -0.05) is 47.0 Å². The molecule has 0 heterocycles. The molecule has 0 saturated carbocycles. The molecule has 2 unspecified atom stereocenters. The van der Waals surface area contributed by atoms with E-state index in [9.17, 15) is 0 Å². The van der Waals surface area contributed by atoms with Crippen LogP contribution in [0.4, 0.5) is 0 Å². The van der Waals surface area contributed by atoms with Crippen molar-refractivity contribution in [2.75, 3.05) is 0 Å². The molecule has 0 aliphatic heterocycles. The standard InChI is InChI=1S/C8H6B2/c9-7-5-3-1-2-4-6(5)8(7)10/h1-4,7-8H. The van der Waals surface area contributed by atoms with Crippen LogP contribution in [-0.4, -0.2) is 15.7 Å². The van der Waals surface area contributed by atoms with Crippen molar-refractivity contribution in [3.05, 3.63) is 35.4 Å². The molecule has 1 aliphatic carbocycles. The van der Waals surface area contributed by atoms with Crippen molar-refractivity contribution < 1.29 is 0 Å². The van der Waals surface area contributed by atoms with E-state index in [2.05, 4.69) is 0 Å². The Balaban J connectivity index is 2.50. The summed E-state index contributed by atoms with van der Waals surface area (Å²) in [5, 5.41) is 0. The maximum atomic E-state index is 5.71. The van der Waals surface area contributed by atoms with Crippen molar-refractivity contribution in [1.82, 2.24) is 0 Å². The summed E-state index contributed by atoms with van der Waals surface area (Å²) in [6, 6.07) is 8.04. The maximum absolute atomic E-state index is 5.71. The molecule has 1 aromatic carbocycles. The molecule has 0 aromatic heterocycles. The van der Waals surface area contributed by atoms with E-state index < -0.39 is 0 Å². The summed E-state index contributed by atoms with van der Waals surface area (Å²) >= 11 is 0. The van der Waals surface area contributed by atoms with Gasteiger partial charge in [-0.25, -0.2) is 0 Å². The van der Waals surface area contributed by atoms with Crippen molar-refractivity contribution in [1.29, 1.82) is 0 Å². The lowest BCUT2D eigenvalue weighted by Crippen LogP contribution is -2.24. The molecule has 0 fully saturated rings. The molecule has 2 heteroatoms. The molecular weight excluding hydrogens is 118 g/mol. The third kappa shape index (κ3) is 0.593. The van der Waals surface area contributed by atoms with Crippen LogP contribution < -0.4 is 0 Å². The van der Waals surface area contributed by atoms with Gasteiger partial charge in [-0.05, 0) is 0 Å². The van der Waals surface area contributed by atoms with E-state index in [1.54, 1.807) is 0 Å². The van der Waals surface area contributed by atoms with E-state index in [0.717, 1.165) is 0 Å². The van der Waals surface area contributed by atoms with Crippen LogP contribution in [-0.2, 0) is 0 Å². The van der Waals surface area contributed by atoms with Gasteiger partial charge in [0, 0.05) is 0 Å². The molecule has 1 aliphatic rings. The lowest BCUT2D eigenvalue weighted by molar-refractivity contribution is 0.767. The lowest BCUT2D eigenvalue weighted by Gasteiger charge is -2.35. The summed E-state index contributed by atoms with van der Waals surface area (Å²) in [7, 11) is 11.4. The van der Waals surface area contributed by atoms with Gasteiger partial charge in [0.05, 0.1) is 15.7 Å². The van der Waals surface area contributed by atoms with Gasteiger partial charge in [-0.15, -0.1) is 0 Å². The highest BCUT2D eigenvalue weighted by molar-refractivity contribution is 6.24.